The van der Waals surface area contributed by atoms with Gasteiger partial charge in [-0.15, -0.1) is 0 Å². The van der Waals surface area contributed by atoms with Crippen molar-refractivity contribution in [3.8, 4) is 0 Å². The second kappa shape index (κ2) is 4.15. The van der Waals surface area contributed by atoms with Crippen LogP contribution in [0.4, 0.5) is 5.69 Å². The molecule has 17 heavy (non-hydrogen) atoms. The lowest BCUT2D eigenvalue weighted by molar-refractivity contribution is -0.117. The molecule has 0 saturated carbocycles. The molecule has 1 heterocycles. The normalized spacial score (nSPS) is 21.9. The molecular weight excluding hydrogens is 212 g/mol. The highest BCUT2D eigenvalue weighted by atomic mass is 16.2. The van der Waals surface area contributed by atoms with E-state index in [0.717, 1.165) is 30.6 Å². The van der Waals surface area contributed by atoms with Gasteiger partial charge in [0.15, 0.2) is 0 Å². The molecule has 0 bridgehead atoms. The second-order valence-electron chi connectivity index (χ2n) is 4.85. The largest absolute Gasteiger partial charge is 0.324 e. The average Bonchev–Trinajstić information content (AvgIpc) is 2.67. The Bertz CT molecular complexity index is 468. The van der Waals surface area contributed by atoms with E-state index in [1.807, 2.05) is 6.92 Å². The Morgan fingerprint density at radius 3 is 3.00 bits per heavy atom. The SMILES string of the molecule is CCNC1C(=O)Nc2c1ccc1c2CCCC1. The predicted octanol–water partition coefficient (Wildman–Crippen LogP) is 2.17. The van der Waals surface area contributed by atoms with Gasteiger partial charge >= 0.3 is 0 Å². The van der Waals surface area contributed by atoms with Crippen LogP contribution in [-0.2, 0) is 17.6 Å². The van der Waals surface area contributed by atoms with E-state index in [2.05, 4.69) is 22.8 Å². The van der Waals surface area contributed by atoms with Gasteiger partial charge in [0.05, 0.1) is 0 Å². The molecule has 3 rings (SSSR count). The van der Waals surface area contributed by atoms with Gasteiger partial charge < -0.3 is 10.6 Å². The van der Waals surface area contributed by atoms with Crippen LogP contribution in [0.3, 0.4) is 0 Å². The van der Waals surface area contributed by atoms with Crippen molar-refractivity contribution in [2.24, 2.45) is 0 Å². The third-order valence-electron chi connectivity index (χ3n) is 3.79. The van der Waals surface area contributed by atoms with Crippen molar-refractivity contribution >= 4 is 11.6 Å². The standard InChI is InChI=1S/C14H18N2O/c1-2-15-13-11-8-7-9-5-3-4-6-10(9)12(11)16-14(13)17/h7-8,13,15H,2-6H2,1H3,(H,16,17). The third-order valence-corrected chi connectivity index (χ3v) is 3.79. The maximum Gasteiger partial charge on any atom is 0.246 e. The molecule has 1 amide bonds. The molecule has 3 nitrogen and oxygen atoms in total. The maximum absolute atomic E-state index is 11.9. The molecule has 90 valence electrons. The summed E-state index contributed by atoms with van der Waals surface area (Å²) in [6.45, 7) is 2.85. The Balaban J connectivity index is 2.05. The molecule has 3 heteroatoms. The number of amides is 1. The van der Waals surface area contributed by atoms with Gasteiger partial charge in [0, 0.05) is 11.3 Å². The number of nitrogens with one attached hydrogen (secondary N) is 2. The monoisotopic (exact) mass is 230 g/mol. The van der Waals surface area contributed by atoms with Gasteiger partial charge in [-0.2, -0.15) is 0 Å². The quantitative estimate of drug-likeness (QED) is 0.817. The number of carbonyl (C=O) groups excluding carboxylic acids is 1. The van der Waals surface area contributed by atoms with Crippen molar-refractivity contribution in [3.05, 3.63) is 28.8 Å². The van der Waals surface area contributed by atoms with Gasteiger partial charge in [-0.05, 0) is 43.4 Å². The predicted molar refractivity (Wildman–Crippen MR) is 68.1 cm³/mol. The molecule has 0 spiro atoms. The molecule has 0 radical (unpaired) electrons. The zero-order chi connectivity index (χ0) is 11.8. The number of hydrogen-bond acceptors (Lipinski definition) is 2. The van der Waals surface area contributed by atoms with Crippen LogP contribution in [0.5, 0.6) is 0 Å². The van der Waals surface area contributed by atoms with Gasteiger partial charge in [-0.25, -0.2) is 0 Å². The minimum absolute atomic E-state index is 0.0980. The molecule has 2 N–H and O–H groups in total. The van der Waals surface area contributed by atoms with Gasteiger partial charge in [0.2, 0.25) is 5.91 Å². The van der Waals surface area contributed by atoms with Crippen molar-refractivity contribution in [3.63, 3.8) is 0 Å². The van der Waals surface area contributed by atoms with Crippen LogP contribution >= 0.6 is 0 Å². The number of aryl methyl sites for hydroxylation is 1. The summed E-state index contributed by atoms with van der Waals surface area (Å²) in [4.78, 5) is 11.9. The lowest BCUT2D eigenvalue weighted by Gasteiger charge is -2.19. The summed E-state index contributed by atoms with van der Waals surface area (Å²) in [6, 6.07) is 4.17. The molecule has 1 aliphatic carbocycles. The summed E-state index contributed by atoms with van der Waals surface area (Å²) in [5, 5.41) is 6.30. The van der Waals surface area contributed by atoms with Crippen LogP contribution in [0.1, 0.15) is 42.5 Å². The number of anilines is 1. The first-order valence-corrected chi connectivity index (χ1v) is 6.50. The van der Waals surface area contributed by atoms with E-state index in [0.29, 0.717) is 0 Å². The van der Waals surface area contributed by atoms with E-state index in [1.165, 1.54) is 24.0 Å². The topological polar surface area (TPSA) is 41.1 Å². The Kier molecular flexibility index (Phi) is 2.63. The zero-order valence-corrected chi connectivity index (χ0v) is 10.2. The van der Waals surface area contributed by atoms with Crippen molar-refractivity contribution in [2.45, 2.75) is 38.6 Å². The van der Waals surface area contributed by atoms with E-state index >= 15 is 0 Å². The maximum atomic E-state index is 11.9. The summed E-state index contributed by atoms with van der Waals surface area (Å²) in [7, 11) is 0. The summed E-state index contributed by atoms with van der Waals surface area (Å²) in [6.07, 6.45) is 4.78. The molecule has 2 aliphatic rings. The number of hydrogen-bond donors (Lipinski definition) is 2. The minimum Gasteiger partial charge on any atom is -0.324 e. The third kappa shape index (κ3) is 1.65. The zero-order valence-electron chi connectivity index (χ0n) is 10.2. The molecule has 0 aromatic heterocycles. The van der Waals surface area contributed by atoms with E-state index < -0.39 is 0 Å². The summed E-state index contributed by atoms with van der Waals surface area (Å²) >= 11 is 0. The fraction of sp³-hybridized carbons (Fsp3) is 0.500. The first-order valence-electron chi connectivity index (χ1n) is 6.50. The fourth-order valence-electron chi connectivity index (χ4n) is 2.98. The summed E-state index contributed by atoms with van der Waals surface area (Å²) < 4.78 is 0. The first-order chi connectivity index (χ1) is 8.31. The Morgan fingerprint density at radius 1 is 1.35 bits per heavy atom. The number of carbonyl (C=O) groups is 1. The highest BCUT2D eigenvalue weighted by molar-refractivity contribution is 6.03. The highest BCUT2D eigenvalue weighted by Crippen LogP contribution is 2.38. The van der Waals surface area contributed by atoms with Gasteiger partial charge in [0.25, 0.3) is 0 Å². The van der Waals surface area contributed by atoms with Gasteiger partial charge in [-0.1, -0.05) is 19.1 Å². The lowest BCUT2D eigenvalue weighted by atomic mass is 9.88. The molecule has 1 atom stereocenters. The second-order valence-corrected chi connectivity index (χ2v) is 4.85. The van der Waals surface area contributed by atoms with Crippen LogP contribution < -0.4 is 10.6 Å². The van der Waals surface area contributed by atoms with Crippen molar-refractivity contribution in [2.75, 3.05) is 11.9 Å². The van der Waals surface area contributed by atoms with Crippen molar-refractivity contribution < 1.29 is 4.79 Å². The van der Waals surface area contributed by atoms with Crippen LogP contribution in [0.2, 0.25) is 0 Å². The first kappa shape index (κ1) is 10.8. The Morgan fingerprint density at radius 2 is 2.18 bits per heavy atom. The minimum atomic E-state index is -0.151. The fourth-order valence-corrected chi connectivity index (χ4v) is 2.98. The van der Waals surface area contributed by atoms with E-state index in [1.54, 1.807) is 0 Å². The molecule has 1 aromatic rings. The molecular formula is C14H18N2O. The van der Waals surface area contributed by atoms with Gasteiger partial charge in [0.1, 0.15) is 6.04 Å². The highest BCUT2D eigenvalue weighted by Gasteiger charge is 2.32. The Hall–Kier alpha value is -1.35. The van der Waals surface area contributed by atoms with Crippen LogP contribution in [0.25, 0.3) is 0 Å². The number of benzene rings is 1. The van der Waals surface area contributed by atoms with Crippen LogP contribution in [-0.4, -0.2) is 12.5 Å². The van der Waals surface area contributed by atoms with E-state index in [9.17, 15) is 4.79 Å². The van der Waals surface area contributed by atoms with Gasteiger partial charge in [-0.3, -0.25) is 4.79 Å². The van der Waals surface area contributed by atoms with E-state index in [4.69, 9.17) is 0 Å². The van der Waals surface area contributed by atoms with E-state index in [-0.39, 0.29) is 11.9 Å². The molecule has 0 saturated heterocycles. The smallest absolute Gasteiger partial charge is 0.246 e. The Labute approximate surface area is 102 Å². The number of likely N-dealkylation sites (N-methyl/N-ethyl adjacent to an activating group) is 1. The lowest BCUT2D eigenvalue weighted by Crippen LogP contribution is -2.27. The number of rotatable bonds is 2. The summed E-state index contributed by atoms with van der Waals surface area (Å²) in [5.74, 6) is 0.0980. The molecule has 1 aliphatic heterocycles. The summed E-state index contributed by atoms with van der Waals surface area (Å²) in [5.41, 5.74) is 5.03. The van der Waals surface area contributed by atoms with Crippen LogP contribution in [0, 0.1) is 0 Å². The molecule has 1 unspecified atom stereocenters. The molecule has 1 aromatic carbocycles. The average molecular weight is 230 g/mol. The van der Waals surface area contributed by atoms with Crippen molar-refractivity contribution in [1.82, 2.24) is 5.32 Å². The number of fused-ring (bicyclic) bond motifs is 3. The van der Waals surface area contributed by atoms with Crippen molar-refractivity contribution in [1.29, 1.82) is 0 Å². The molecule has 0 fully saturated rings. The van der Waals surface area contributed by atoms with Crippen LogP contribution in [0.15, 0.2) is 12.1 Å².